The largest absolute Gasteiger partial charge is 0.507 e. The van der Waals surface area contributed by atoms with Crippen molar-refractivity contribution < 1.29 is 28.9 Å². The monoisotopic (exact) mass is 425 g/mol. The first-order chi connectivity index (χ1) is 15.0. The van der Waals surface area contributed by atoms with Crippen molar-refractivity contribution in [3.05, 3.63) is 65.2 Å². The molecule has 1 atom stereocenters. The van der Waals surface area contributed by atoms with Gasteiger partial charge in [0.25, 0.3) is 11.7 Å². The van der Waals surface area contributed by atoms with Gasteiger partial charge in [0.2, 0.25) is 0 Å². The lowest BCUT2D eigenvalue weighted by Gasteiger charge is -2.25. The first-order valence-electron chi connectivity index (χ1n) is 10.2. The molecule has 1 aliphatic rings. The SMILES string of the molecule is CCOc1ccc(/C(O)=C2/C(=O)C(=O)N(CCCOC)C2c2ccc(OC)cc2)cc1. The predicted molar refractivity (Wildman–Crippen MR) is 116 cm³/mol. The van der Waals surface area contributed by atoms with Gasteiger partial charge >= 0.3 is 0 Å². The number of likely N-dealkylation sites (tertiary alicyclic amines) is 1. The van der Waals surface area contributed by atoms with Gasteiger partial charge in [-0.3, -0.25) is 9.59 Å². The summed E-state index contributed by atoms with van der Waals surface area (Å²) in [4.78, 5) is 27.3. The Labute approximate surface area is 181 Å². The van der Waals surface area contributed by atoms with E-state index in [9.17, 15) is 14.7 Å². The Balaban J connectivity index is 2.06. The highest BCUT2D eigenvalue weighted by molar-refractivity contribution is 6.46. The fourth-order valence-corrected chi connectivity index (χ4v) is 3.65. The number of benzene rings is 2. The van der Waals surface area contributed by atoms with Crippen LogP contribution in [-0.2, 0) is 14.3 Å². The van der Waals surface area contributed by atoms with E-state index in [1.807, 2.05) is 6.92 Å². The summed E-state index contributed by atoms with van der Waals surface area (Å²) >= 11 is 0. The molecule has 3 rings (SSSR count). The van der Waals surface area contributed by atoms with Crippen LogP contribution in [0, 0.1) is 0 Å². The van der Waals surface area contributed by atoms with E-state index in [-0.39, 0.29) is 11.3 Å². The topological polar surface area (TPSA) is 85.3 Å². The maximum atomic E-state index is 12.9. The zero-order valence-corrected chi connectivity index (χ0v) is 18.0. The van der Waals surface area contributed by atoms with Crippen LogP contribution < -0.4 is 9.47 Å². The normalized spacial score (nSPS) is 17.8. The number of hydrogen-bond acceptors (Lipinski definition) is 6. The molecular formula is C24H27NO6. The van der Waals surface area contributed by atoms with Crippen LogP contribution in [-0.4, -0.2) is 55.7 Å². The minimum atomic E-state index is -0.704. The summed E-state index contributed by atoms with van der Waals surface area (Å²) in [7, 11) is 3.15. The number of carbonyl (C=O) groups excluding carboxylic acids is 2. The van der Waals surface area contributed by atoms with Crippen LogP contribution in [0.1, 0.15) is 30.5 Å². The molecule has 0 aliphatic carbocycles. The van der Waals surface area contributed by atoms with Gasteiger partial charge in [-0.1, -0.05) is 12.1 Å². The average molecular weight is 425 g/mol. The minimum Gasteiger partial charge on any atom is -0.507 e. The van der Waals surface area contributed by atoms with Crippen LogP contribution in [0.25, 0.3) is 5.76 Å². The molecule has 164 valence electrons. The fourth-order valence-electron chi connectivity index (χ4n) is 3.65. The van der Waals surface area contributed by atoms with Crippen LogP contribution in [0.4, 0.5) is 0 Å². The van der Waals surface area contributed by atoms with Gasteiger partial charge in [-0.15, -0.1) is 0 Å². The molecule has 7 nitrogen and oxygen atoms in total. The van der Waals surface area contributed by atoms with Gasteiger partial charge < -0.3 is 24.2 Å². The summed E-state index contributed by atoms with van der Waals surface area (Å²) < 4.78 is 15.8. The van der Waals surface area contributed by atoms with Gasteiger partial charge in [-0.25, -0.2) is 0 Å². The van der Waals surface area contributed by atoms with Crippen molar-refractivity contribution in [1.82, 2.24) is 4.90 Å². The number of ether oxygens (including phenoxy) is 3. The van der Waals surface area contributed by atoms with E-state index >= 15 is 0 Å². The zero-order valence-electron chi connectivity index (χ0n) is 18.0. The van der Waals surface area contributed by atoms with Crippen molar-refractivity contribution >= 4 is 17.4 Å². The number of nitrogens with zero attached hydrogens (tertiary/aromatic N) is 1. The standard InChI is InChI=1S/C24H27NO6/c1-4-31-19-12-8-17(9-13-19)22(26)20-21(16-6-10-18(30-3)11-7-16)25(14-5-15-29-2)24(28)23(20)27/h6-13,21,26H,4-5,14-15H2,1-3H3/b22-20-. The lowest BCUT2D eigenvalue weighted by molar-refractivity contribution is -0.140. The summed E-state index contributed by atoms with van der Waals surface area (Å²) in [6.07, 6.45) is 0.569. The molecule has 0 aromatic heterocycles. The predicted octanol–water partition coefficient (Wildman–Crippen LogP) is 3.55. The minimum absolute atomic E-state index is 0.0664. The molecule has 0 spiro atoms. The third kappa shape index (κ3) is 4.72. The number of hydrogen-bond donors (Lipinski definition) is 1. The number of aliphatic hydroxyl groups excluding tert-OH is 1. The van der Waals surface area contributed by atoms with Crippen molar-refractivity contribution in [2.45, 2.75) is 19.4 Å². The van der Waals surface area contributed by atoms with E-state index in [2.05, 4.69) is 0 Å². The van der Waals surface area contributed by atoms with Crippen LogP contribution in [0.2, 0.25) is 0 Å². The molecule has 31 heavy (non-hydrogen) atoms. The first kappa shape index (κ1) is 22.4. The van der Waals surface area contributed by atoms with Gasteiger partial charge in [0.15, 0.2) is 0 Å². The van der Waals surface area contributed by atoms with Crippen LogP contribution in [0.5, 0.6) is 11.5 Å². The van der Waals surface area contributed by atoms with Crippen molar-refractivity contribution in [2.75, 3.05) is 34.0 Å². The Morgan fingerprint density at radius 3 is 2.23 bits per heavy atom. The molecule has 0 saturated carbocycles. The quantitative estimate of drug-likeness (QED) is 0.286. The molecule has 1 unspecified atom stereocenters. The van der Waals surface area contributed by atoms with Crippen molar-refractivity contribution in [3.63, 3.8) is 0 Å². The van der Waals surface area contributed by atoms with E-state index in [4.69, 9.17) is 14.2 Å². The molecular weight excluding hydrogens is 398 g/mol. The van der Waals surface area contributed by atoms with E-state index in [1.165, 1.54) is 4.90 Å². The third-order valence-corrected chi connectivity index (χ3v) is 5.16. The van der Waals surface area contributed by atoms with Gasteiger partial charge in [-0.05, 0) is 55.3 Å². The maximum Gasteiger partial charge on any atom is 0.295 e. The Morgan fingerprint density at radius 1 is 1.00 bits per heavy atom. The molecule has 7 heteroatoms. The summed E-state index contributed by atoms with van der Waals surface area (Å²) in [5.41, 5.74) is 1.22. The lowest BCUT2D eigenvalue weighted by Crippen LogP contribution is -2.31. The molecule has 1 fully saturated rings. The highest BCUT2D eigenvalue weighted by Crippen LogP contribution is 2.40. The highest BCUT2D eigenvalue weighted by atomic mass is 16.5. The Kier molecular flexibility index (Phi) is 7.31. The average Bonchev–Trinajstić information content (AvgIpc) is 3.04. The molecule has 1 aliphatic heterocycles. The number of carbonyl (C=O) groups is 2. The Hall–Kier alpha value is -3.32. The first-order valence-corrected chi connectivity index (χ1v) is 10.2. The van der Waals surface area contributed by atoms with Gasteiger partial charge in [0, 0.05) is 25.8 Å². The summed E-state index contributed by atoms with van der Waals surface area (Å²) in [6, 6.07) is 13.2. The molecule has 1 amide bonds. The van der Waals surface area contributed by atoms with Crippen LogP contribution in [0.15, 0.2) is 54.1 Å². The van der Waals surface area contributed by atoms with Gasteiger partial charge in [0.05, 0.1) is 25.3 Å². The van der Waals surface area contributed by atoms with Crippen LogP contribution in [0.3, 0.4) is 0 Å². The molecule has 1 heterocycles. The molecule has 1 saturated heterocycles. The van der Waals surface area contributed by atoms with Crippen molar-refractivity contribution in [2.24, 2.45) is 0 Å². The van der Waals surface area contributed by atoms with E-state index < -0.39 is 17.7 Å². The van der Waals surface area contributed by atoms with Gasteiger partial charge in [0.1, 0.15) is 17.3 Å². The Morgan fingerprint density at radius 2 is 1.65 bits per heavy atom. The molecule has 1 N–H and O–H groups in total. The zero-order chi connectivity index (χ0) is 22.4. The highest BCUT2D eigenvalue weighted by Gasteiger charge is 2.45. The number of ketones is 1. The smallest absolute Gasteiger partial charge is 0.295 e. The van der Waals surface area contributed by atoms with Crippen LogP contribution >= 0.6 is 0 Å². The second-order valence-corrected chi connectivity index (χ2v) is 7.07. The second kappa shape index (κ2) is 10.1. The lowest BCUT2D eigenvalue weighted by atomic mass is 9.95. The molecule has 2 aromatic carbocycles. The summed E-state index contributed by atoms with van der Waals surface area (Å²) in [6.45, 7) is 3.19. The maximum absolute atomic E-state index is 12.9. The number of rotatable bonds is 9. The summed E-state index contributed by atoms with van der Waals surface area (Å²) in [5, 5.41) is 11.0. The van der Waals surface area contributed by atoms with E-state index in [0.29, 0.717) is 48.8 Å². The van der Waals surface area contributed by atoms with E-state index in [0.717, 1.165) is 0 Å². The number of aliphatic hydroxyl groups is 1. The van der Waals surface area contributed by atoms with E-state index in [1.54, 1.807) is 62.8 Å². The third-order valence-electron chi connectivity index (χ3n) is 5.16. The number of amides is 1. The molecule has 0 bridgehead atoms. The van der Waals surface area contributed by atoms with Crippen molar-refractivity contribution in [1.29, 1.82) is 0 Å². The fraction of sp³-hybridized carbons (Fsp3) is 0.333. The summed E-state index contributed by atoms with van der Waals surface area (Å²) in [5.74, 6) is -0.233. The molecule has 0 radical (unpaired) electrons. The number of methoxy groups -OCH3 is 2. The second-order valence-electron chi connectivity index (χ2n) is 7.07. The Bertz CT molecular complexity index is 949. The number of Topliss-reactive ketones (excluding diaryl/α,β-unsaturated/α-hetero) is 1. The van der Waals surface area contributed by atoms with Gasteiger partial charge in [-0.2, -0.15) is 0 Å². The molecule has 2 aromatic rings. The van der Waals surface area contributed by atoms with Crippen molar-refractivity contribution in [3.8, 4) is 11.5 Å².